The van der Waals surface area contributed by atoms with Gasteiger partial charge in [-0.25, -0.2) is 8.78 Å². The highest BCUT2D eigenvalue weighted by atomic mass is 19.4. The molecule has 0 aromatic heterocycles. The monoisotopic (exact) mass is 253 g/mol. The van der Waals surface area contributed by atoms with Gasteiger partial charge in [0, 0.05) is 5.56 Å². The molecule has 2 N–H and O–H groups in total. The highest BCUT2D eigenvalue weighted by Gasteiger charge is 2.32. The summed E-state index contributed by atoms with van der Waals surface area (Å²) in [5.74, 6) is -3.30. The number of nitrogens with two attached hydrogens (primary N) is 1. The zero-order valence-corrected chi connectivity index (χ0v) is 9.33. The normalized spacial score (nSPS) is 12.2. The molecule has 0 spiro atoms. The van der Waals surface area contributed by atoms with E-state index in [9.17, 15) is 22.0 Å². The Bertz CT molecular complexity index is 423. The second-order valence-electron chi connectivity index (χ2n) is 4.11. The van der Waals surface area contributed by atoms with Crippen LogP contribution in [0.1, 0.15) is 30.9 Å². The van der Waals surface area contributed by atoms with Gasteiger partial charge in [0.05, 0.1) is 12.1 Å². The summed E-state index contributed by atoms with van der Waals surface area (Å²) in [6, 6.07) is 1.06. The summed E-state index contributed by atoms with van der Waals surface area (Å²) in [4.78, 5) is 0. The minimum Gasteiger partial charge on any atom is -0.396 e. The summed E-state index contributed by atoms with van der Waals surface area (Å²) in [5, 5.41) is 0. The fourth-order valence-electron chi connectivity index (χ4n) is 1.60. The third kappa shape index (κ3) is 3.08. The van der Waals surface area contributed by atoms with Crippen LogP contribution < -0.4 is 5.73 Å². The molecule has 0 fully saturated rings. The Kier molecular flexibility index (Phi) is 3.64. The number of hydrogen-bond donors (Lipinski definition) is 1. The van der Waals surface area contributed by atoms with Crippen molar-refractivity contribution >= 4 is 5.69 Å². The van der Waals surface area contributed by atoms with Crippen molar-refractivity contribution in [1.82, 2.24) is 0 Å². The van der Waals surface area contributed by atoms with Crippen LogP contribution in [0, 0.1) is 11.6 Å². The van der Waals surface area contributed by atoms with Crippen LogP contribution in [0.4, 0.5) is 27.6 Å². The summed E-state index contributed by atoms with van der Waals surface area (Å²) in [6.07, 6.45) is -6.09. The van der Waals surface area contributed by atoms with Gasteiger partial charge in [0.25, 0.3) is 0 Å². The first-order chi connectivity index (χ1) is 7.63. The molecule has 0 heterocycles. The van der Waals surface area contributed by atoms with Crippen molar-refractivity contribution in [3.05, 3.63) is 28.8 Å². The minimum atomic E-state index is -4.59. The molecule has 17 heavy (non-hydrogen) atoms. The van der Waals surface area contributed by atoms with Gasteiger partial charge in [-0.3, -0.25) is 0 Å². The summed E-state index contributed by atoms with van der Waals surface area (Å²) in [7, 11) is 0. The van der Waals surface area contributed by atoms with Crippen LogP contribution in [0.3, 0.4) is 0 Å². The topological polar surface area (TPSA) is 26.0 Å². The molecule has 1 aromatic rings. The molecule has 1 rings (SSSR count). The lowest BCUT2D eigenvalue weighted by Gasteiger charge is -2.17. The lowest BCUT2D eigenvalue weighted by Crippen LogP contribution is -2.17. The first kappa shape index (κ1) is 13.7. The quantitative estimate of drug-likeness (QED) is 0.630. The van der Waals surface area contributed by atoms with E-state index in [1.807, 2.05) is 0 Å². The Morgan fingerprint density at radius 2 is 1.71 bits per heavy atom. The van der Waals surface area contributed by atoms with Crippen molar-refractivity contribution in [1.29, 1.82) is 0 Å². The molecule has 6 heteroatoms. The van der Waals surface area contributed by atoms with Crippen LogP contribution in [0.2, 0.25) is 0 Å². The molecule has 0 bridgehead atoms. The number of benzene rings is 1. The highest BCUT2D eigenvalue weighted by Crippen LogP contribution is 2.32. The third-order valence-electron chi connectivity index (χ3n) is 2.37. The van der Waals surface area contributed by atoms with E-state index in [0.717, 1.165) is 6.07 Å². The van der Waals surface area contributed by atoms with Gasteiger partial charge in [-0.15, -0.1) is 0 Å². The number of nitrogen functional groups attached to an aromatic ring is 1. The zero-order valence-electron chi connectivity index (χ0n) is 9.33. The van der Waals surface area contributed by atoms with Gasteiger partial charge in [0.2, 0.25) is 0 Å². The summed E-state index contributed by atoms with van der Waals surface area (Å²) in [6.45, 7) is 3.18. The number of rotatable bonds is 2. The summed E-state index contributed by atoms with van der Waals surface area (Å²) in [5.41, 5.74) is 4.14. The molecule has 0 saturated carbocycles. The fraction of sp³-hybridized carbons (Fsp3) is 0.455. The number of hydrogen-bond acceptors (Lipinski definition) is 1. The van der Waals surface area contributed by atoms with Crippen molar-refractivity contribution in [3.8, 4) is 0 Å². The molecular formula is C11H12F5N. The summed E-state index contributed by atoms with van der Waals surface area (Å²) >= 11 is 0. The van der Waals surface area contributed by atoms with Gasteiger partial charge in [-0.2, -0.15) is 13.2 Å². The molecule has 1 aromatic carbocycles. The number of anilines is 1. The van der Waals surface area contributed by atoms with Gasteiger partial charge < -0.3 is 5.73 Å². The summed E-state index contributed by atoms with van der Waals surface area (Å²) < 4.78 is 63.4. The lowest BCUT2D eigenvalue weighted by molar-refractivity contribution is -0.127. The second kappa shape index (κ2) is 4.50. The zero-order chi connectivity index (χ0) is 13.4. The second-order valence-corrected chi connectivity index (χ2v) is 4.11. The maximum atomic E-state index is 13.5. The van der Waals surface area contributed by atoms with Gasteiger partial charge in [0.15, 0.2) is 11.6 Å². The van der Waals surface area contributed by atoms with Crippen molar-refractivity contribution in [2.45, 2.75) is 32.4 Å². The van der Waals surface area contributed by atoms with Gasteiger partial charge in [-0.1, -0.05) is 13.8 Å². The predicted octanol–water partition coefficient (Wildman–Crippen LogP) is 3.78. The van der Waals surface area contributed by atoms with Crippen molar-refractivity contribution in [2.24, 2.45) is 0 Å². The first-order valence-electron chi connectivity index (χ1n) is 4.96. The SMILES string of the molecule is CC(C)c1cc(N)c(F)c(F)c1CC(F)(F)F. The molecule has 0 amide bonds. The van der Waals surface area contributed by atoms with Crippen LogP contribution in [0.5, 0.6) is 0 Å². The van der Waals surface area contributed by atoms with E-state index in [2.05, 4.69) is 0 Å². The lowest BCUT2D eigenvalue weighted by atomic mass is 9.93. The first-order valence-corrected chi connectivity index (χ1v) is 4.96. The Hall–Kier alpha value is -1.33. The Morgan fingerprint density at radius 3 is 2.12 bits per heavy atom. The van der Waals surface area contributed by atoms with Crippen LogP contribution in [-0.4, -0.2) is 6.18 Å². The highest BCUT2D eigenvalue weighted by molar-refractivity contribution is 5.48. The molecule has 0 aliphatic rings. The van der Waals surface area contributed by atoms with E-state index in [-0.39, 0.29) is 11.5 Å². The maximum Gasteiger partial charge on any atom is 0.393 e. The van der Waals surface area contributed by atoms with Gasteiger partial charge in [0.1, 0.15) is 0 Å². The van der Waals surface area contributed by atoms with E-state index in [1.165, 1.54) is 0 Å². The van der Waals surface area contributed by atoms with E-state index < -0.39 is 35.5 Å². The average molecular weight is 253 g/mol. The Morgan fingerprint density at radius 1 is 1.18 bits per heavy atom. The molecule has 0 aliphatic heterocycles. The van der Waals surface area contributed by atoms with Gasteiger partial charge in [-0.05, 0) is 17.5 Å². The van der Waals surface area contributed by atoms with E-state index in [4.69, 9.17) is 5.73 Å². The molecule has 0 saturated heterocycles. The van der Waals surface area contributed by atoms with Crippen LogP contribution in [-0.2, 0) is 6.42 Å². The third-order valence-corrected chi connectivity index (χ3v) is 2.37. The van der Waals surface area contributed by atoms with Crippen molar-refractivity contribution < 1.29 is 22.0 Å². The van der Waals surface area contributed by atoms with Crippen LogP contribution in [0.15, 0.2) is 6.07 Å². The minimum absolute atomic E-state index is 0.0822. The van der Waals surface area contributed by atoms with Crippen molar-refractivity contribution in [2.75, 3.05) is 5.73 Å². The number of halogens is 5. The Balaban J connectivity index is 3.39. The average Bonchev–Trinajstić information content (AvgIpc) is 2.16. The molecule has 1 nitrogen and oxygen atoms in total. The Labute approximate surface area is 95.4 Å². The molecule has 0 unspecified atom stereocenters. The molecular weight excluding hydrogens is 241 g/mol. The van der Waals surface area contributed by atoms with E-state index >= 15 is 0 Å². The standard InChI is InChI=1S/C11H12F5N/c1-5(2)6-3-8(17)10(13)9(12)7(6)4-11(14,15)16/h3,5H,4,17H2,1-2H3. The largest absolute Gasteiger partial charge is 0.396 e. The predicted molar refractivity (Wildman–Crippen MR) is 54.6 cm³/mol. The van der Waals surface area contributed by atoms with Crippen LogP contribution in [0.25, 0.3) is 0 Å². The molecule has 0 radical (unpaired) electrons. The molecule has 0 aliphatic carbocycles. The molecule has 96 valence electrons. The van der Waals surface area contributed by atoms with E-state index in [0.29, 0.717) is 0 Å². The number of alkyl halides is 3. The molecule has 0 atom stereocenters. The van der Waals surface area contributed by atoms with Crippen LogP contribution >= 0.6 is 0 Å². The van der Waals surface area contributed by atoms with E-state index in [1.54, 1.807) is 13.8 Å². The maximum absolute atomic E-state index is 13.5. The smallest absolute Gasteiger partial charge is 0.393 e. The van der Waals surface area contributed by atoms with Crippen molar-refractivity contribution in [3.63, 3.8) is 0 Å². The fourth-order valence-corrected chi connectivity index (χ4v) is 1.60. The van der Waals surface area contributed by atoms with Gasteiger partial charge >= 0.3 is 6.18 Å².